The van der Waals surface area contributed by atoms with E-state index in [1.807, 2.05) is 0 Å². The lowest BCUT2D eigenvalue weighted by atomic mass is 9.91. The number of pyridine rings is 1. The molecule has 0 bridgehead atoms. The van der Waals surface area contributed by atoms with E-state index in [4.69, 9.17) is 5.11 Å². The number of aromatic nitrogens is 1. The van der Waals surface area contributed by atoms with Gasteiger partial charge in [-0.2, -0.15) is 0 Å². The number of aromatic carboxylic acids is 1. The Hall–Kier alpha value is -1.29. The SMILES string of the molecule is CC1(C)CCc2cc(C(=O)O)cnc2N1.Cl. The van der Waals surface area contributed by atoms with Crippen LogP contribution in [0.2, 0.25) is 0 Å². The fourth-order valence-corrected chi connectivity index (χ4v) is 1.76. The number of hydrogen-bond acceptors (Lipinski definition) is 3. The van der Waals surface area contributed by atoms with Gasteiger partial charge >= 0.3 is 5.97 Å². The lowest BCUT2D eigenvalue weighted by molar-refractivity contribution is 0.0696. The minimum Gasteiger partial charge on any atom is -0.478 e. The Balaban J connectivity index is 0.00000128. The zero-order valence-corrected chi connectivity index (χ0v) is 10.1. The van der Waals surface area contributed by atoms with E-state index in [1.165, 1.54) is 6.20 Å². The quantitative estimate of drug-likeness (QED) is 0.794. The molecule has 0 saturated heterocycles. The van der Waals surface area contributed by atoms with Gasteiger partial charge in [0.15, 0.2) is 0 Å². The topological polar surface area (TPSA) is 62.2 Å². The summed E-state index contributed by atoms with van der Waals surface area (Å²) in [6.45, 7) is 4.23. The highest BCUT2D eigenvalue weighted by molar-refractivity contribution is 5.87. The van der Waals surface area contributed by atoms with Crippen molar-refractivity contribution >= 4 is 24.2 Å². The monoisotopic (exact) mass is 242 g/mol. The van der Waals surface area contributed by atoms with Gasteiger partial charge in [-0.15, -0.1) is 12.4 Å². The van der Waals surface area contributed by atoms with Crippen LogP contribution in [0.15, 0.2) is 12.3 Å². The molecule has 0 aliphatic carbocycles. The van der Waals surface area contributed by atoms with Gasteiger partial charge in [-0.1, -0.05) is 0 Å². The van der Waals surface area contributed by atoms with Gasteiger partial charge in [0.2, 0.25) is 0 Å². The average Bonchev–Trinajstić information content (AvgIpc) is 2.15. The summed E-state index contributed by atoms with van der Waals surface area (Å²) >= 11 is 0. The molecule has 1 aromatic heterocycles. The van der Waals surface area contributed by atoms with Gasteiger partial charge in [-0.3, -0.25) is 0 Å². The second-order valence-electron chi connectivity index (χ2n) is 4.55. The summed E-state index contributed by atoms with van der Waals surface area (Å²) in [6, 6.07) is 1.70. The smallest absolute Gasteiger partial charge is 0.337 e. The highest BCUT2D eigenvalue weighted by Gasteiger charge is 2.25. The van der Waals surface area contributed by atoms with Crippen molar-refractivity contribution in [1.82, 2.24) is 4.98 Å². The number of aryl methyl sites for hydroxylation is 1. The molecule has 0 fully saturated rings. The first-order chi connectivity index (χ1) is 6.98. The van der Waals surface area contributed by atoms with Crippen LogP contribution in [-0.2, 0) is 6.42 Å². The normalized spacial score (nSPS) is 16.6. The standard InChI is InChI=1S/C11H14N2O2.ClH/c1-11(2)4-3-7-5-8(10(14)15)6-12-9(7)13-11;/h5-6H,3-4H2,1-2H3,(H,12,13)(H,14,15);1H. The highest BCUT2D eigenvalue weighted by atomic mass is 35.5. The predicted molar refractivity (Wildman–Crippen MR) is 64.5 cm³/mol. The van der Waals surface area contributed by atoms with E-state index in [9.17, 15) is 4.79 Å². The molecule has 16 heavy (non-hydrogen) atoms. The maximum Gasteiger partial charge on any atom is 0.337 e. The number of hydrogen-bond donors (Lipinski definition) is 2. The molecule has 2 rings (SSSR count). The third kappa shape index (κ3) is 2.44. The fourth-order valence-electron chi connectivity index (χ4n) is 1.76. The van der Waals surface area contributed by atoms with Crippen LogP contribution in [0.1, 0.15) is 36.2 Å². The first-order valence-corrected chi connectivity index (χ1v) is 4.98. The number of halogens is 1. The average molecular weight is 243 g/mol. The predicted octanol–water partition coefficient (Wildman–Crippen LogP) is 2.34. The molecule has 0 radical (unpaired) electrons. The summed E-state index contributed by atoms with van der Waals surface area (Å²) in [7, 11) is 0. The van der Waals surface area contributed by atoms with Crippen molar-refractivity contribution in [2.75, 3.05) is 5.32 Å². The molecule has 0 unspecified atom stereocenters. The van der Waals surface area contributed by atoms with Crippen LogP contribution >= 0.6 is 12.4 Å². The summed E-state index contributed by atoms with van der Waals surface area (Å²) in [4.78, 5) is 14.9. The van der Waals surface area contributed by atoms with Crippen molar-refractivity contribution in [2.45, 2.75) is 32.2 Å². The third-order valence-electron chi connectivity index (χ3n) is 2.69. The minimum absolute atomic E-state index is 0. The van der Waals surface area contributed by atoms with E-state index in [0.717, 1.165) is 24.2 Å². The Morgan fingerprint density at radius 2 is 2.25 bits per heavy atom. The van der Waals surface area contributed by atoms with E-state index in [2.05, 4.69) is 24.1 Å². The van der Waals surface area contributed by atoms with Crippen molar-refractivity contribution in [3.8, 4) is 0 Å². The number of fused-ring (bicyclic) bond motifs is 1. The van der Waals surface area contributed by atoms with Gasteiger partial charge in [0, 0.05) is 11.7 Å². The van der Waals surface area contributed by atoms with Crippen LogP contribution in [-0.4, -0.2) is 21.6 Å². The van der Waals surface area contributed by atoms with E-state index < -0.39 is 5.97 Å². The van der Waals surface area contributed by atoms with Gasteiger partial charge in [0.1, 0.15) is 5.82 Å². The third-order valence-corrected chi connectivity index (χ3v) is 2.69. The van der Waals surface area contributed by atoms with Crippen LogP contribution in [0.5, 0.6) is 0 Å². The first kappa shape index (κ1) is 12.8. The molecule has 1 aliphatic heterocycles. The lowest BCUT2D eigenvalue weighted by Crippen LogP contribution is -2.35. The van der Waals surface area contributed by atoms with Crippen LogP contribution in [0.3, 0.4) is 0 Å². The largest absolute Gasteiger partial charge is 0.478 e. The molecule has 0 spiro atoms. The fraction of sp³-hybridized carbons (Fsp3) is 0.455. The number of rotatable bonds is 1. The second kappa shape index (κ2) is 4.29. The van der Waals surface area contributed by atoms with Crippen LogP contribution in [0.25, 0.3) is 0 Å². The summed E-state index contributed by atoms with van der Waals surface area (Å²) in [5.74, 6) is -0.105. The van der Waals surface area contributed by atoms with Crippen molar-refractivity contribution < 1.29 is 9.90 Å². The summed E-state index contributed by atoms with van der Waals surface area (Å²) in [5.41, 5.74) is 1.30. The van der Waals surface area contributed by atoms with Gasteiger partial charge in [-0.05, 0) is 38.3 Å². The van der Waals surface area contributed by atoms with Gasteiger partial charge in [-0.25, -0.2) is 9.78 Å². The zero-order chi connectivity index (χ0) is 11.1. The summed E-state index contributed by atoms with van der Waals surface area (Å²) in [5, 5.41) is 12.1. The second-order valence-corrected chi connectivity index (χ2v) is 4.55. The van der Waals surface area contributed by atoms with Crippen LogP contribution in [0, 0.1) is 0 Å². The summed E-state index contributed by atoms with van der Waals surface area (Å²) < 4.78 is 0. The maximum absolute atomic E-state index is 10.8. The Morgan fingerprint density at radius 3 is 2.88 bits per heavy atom. The number of nitrogens with zero attached hydrogens (tertiary/aromatic N) is 1. The summed E-state index contributed by atoms with van der Waals surface area (Å²) in [6.07, 6.45) is 3.27. The van der Waals surface area contributed by atoms with Crippen molar-refractivity contribution in [1.29, 1.82) is 0 Å². The Bertz CT molecular complexity index is 418. The molecule has 0 amide bonds. The van der Waals surface area contributed by atoms with E-state index in [-0.39, 0.29) is 23.5 Å². The molecule has 88 valence electrons. The Labute approximate surface area is 100 Å². The molecule has 0 aromatic carbocycles. The van der Waals surface area contributed by atoms with Gasteiger partial charge < -0.3 is 10.4 Å². The van der Waals surface area contributed by atoms with Crippen molar-refractivity contribution in [3.63, 3.8) is 0 Å². The maximum atomic E-state index is 10.8. The molecular weight excluding hydrogens is 228 g/mol. The van der Waals surface area contributed by atoms with E-state index in [1.54, 1.807) is 6.07 Å². The molecule has 1 aliphatic rings. The molecule has 5 heteroatoms. The molecule has 0 atom stereocenters. The Morgan fingerprint density at radius 1 is 1.56 bits per heavy atom. The molecule has 1 aromatic rings. The molecule has 2 heterocycles. The van der Waals surface area contributed by atoms with Crippen molar-refractivity contribution in [2.24, 2.45) is 0 Å². The van der Waals surface area contributed by atoms with Crippen molar-refractivity contribution in [3.05, 3.63) is 23.4 Å². The number of carboxylic acids is 1. The number of carboxylic acid groups (broad SMARTS) is 1. The van der Waals surface area contributed by atoms with E-state index >= 15 is 0 Å². The molecular formula is C11H15ClN2O2. The zero-order valence-electron chi connectivity index (χ0n) is 9.28. The van der Waals surface area contributed by atoms with Crippen LogP contribution in [0.4, 0.5) is 5.82 Å². The van der Waals surface area contributed by atoms with Crippen LogP contribution < -0.4 is 5.32 Å². The van der Waals surface area contributed by atoms with E-state index in [0.29, 0.717) is 0 Å². The van der Waals surface area contributed by atoms with Gasteiger partial charge in [0.05, 0.1) is 5.56 Å². The molecule has 2 N–H and O–H groups in total. The number of nitrogens with one attached hydrogen (secondary N) is 1. The Kier molecular flexibility index (Phi) is 3.43. The molecule has 0 saturated carbocycles. The lowest BCUT2D eigenvalue weighted by Gasteiger charge is -2.32. The first-order valence-electron chi connectivity index (χ1n) is 4.98. The van der Waals surface area contributed by atoms with Gasteiger partial charge in [0.25, 0.3) is 0 Å². The molecule has 4 nitrogen and oxygen atoms in total. The number of anilines is 1. The number of carbonyl (C=O) groups is 1. The minimum atomic E-state index is -0.921. The highest BCUT2D eigenvalue weighted by Crippen LogP contribution is 2.28.